The molecule has 0 spiro atoms. The molecule has 1 saturated heterocycles. The molecule has 3 rings (SSSR count). The van der Waals surface area contributed by atoms with Gasteiger partial charge in [-0.3, -0.25) is 4.90 Å². The highest BCUT2D eigenvalue weighted by atomic mass is 35.5. The first-order valence-corrected chi connectivity index (χ1v) is 7.52. The summed E-state index contributed by atoms with van der Waals surface area (Å²) in [5, 5.41) is 7.53. The predicted octanol–water partition coefficient (Wildman–Crippen LogP) is 3.30. The van der Waals surface area contributed by atoms with Crippen molar-refractivity contribution in [2.75, 3.05) is 26.2 Å². The maximum absolute atomic E-state index is 14.1. The lowest BCUT2D eigenvalue weighted by Crippen LogP contribution is -2.45. The molecule has 0 amide bonds. The average Bonchev–Trinajstić information content (AvgIpc) is 2.96. The lowest BCUT2D eigenvalue weighted by molar-refractivity contribution is 0.195. The zero-order chi connectivity index (χ0) is 13.1. The Kier molecular flexibility index (Phi) is 5.54. The molecule has 1 fully saturated rings. The normalized spacial score (nSPS) is 17.4. The zero-order valence-electron chi connectivity index (χ0n) is 11.1. The lowest BCUT2D eigenvalue weighted by Gasteiger charge is -2.35. The van der Waals surface area contributed by atoms with Crippen molar-refractivity contribution in [1.82, 2.24) is 10.2 Å². The molecule has 1 aromatic heterocycles. The van der Waals surface area contributed by atoms with Crippen molar-refractivity contribution >= 4 is 23.7 Å². The van der Waals surface area contributed by atoms with Gasteiger partial charge in [-0.2, -0.15) is 11.3 Å². The molecule has 2 heterocycles. The summed E-state index contributed by atoms with van der Waals surface area (Å²) in [6.07, 6.45) is 0. The van der Waals surface area contributed by atoms with E-state index in [1.807, 2.05) is 12.1 Å². The largest absolute Gasteiger partial charge is 0.314 e. The van der Waals surface area contributed by atoms with E-state index < -0.39 is 0 Å². The first kappa shape index (κ1) is 15.4. The topological polar surface area (TPSA) is 15.3 Å². The molecule has 0 bridgehead atoms. The summed E-state index contributed by atoms with van der Waals surface area (Å²) in [5.41, 5.74) is 1.97. The van der Waals surface area contributed by atoms with E-state index in [9.17, 15) is 4.39 Å². The number of nitrogens with one attached hydrogen (secondary N) is 1. The third-order valence-electron chi connectivity index (χ3n) is 3.58. The molecule has 0 saturated carbocycles. The Labute approximate surface area is 129 Å². The van der Waals surface area contributed by atoms with E-state index in [0.717, 1.165) is 31.7 Å². The van der Waals surface area contributed by atoms with Crippen LogP contribution in [-0.4, -0.2) is 31.1 Å². The summed E-state index contributed by atoms with van der Waals surface area (Å²) < 4.78 is 14.1. The van der Waals surface area contributed by atoms with Gasteiger partial charge in [0, 0.05) is 31.7 Å². The Hall–Kier alpha value is -0.940. The molecule has 1 aromatic carbocycles. The second kappa shape index (κ2) is 7.18. The third kappa shape index (κ3) is 3.20. The zero-order valence-corrected chi connectivity index (χ0v) is 12.7. The molecule has 2 aromatic rings. The standard InChI is InChI=1S/C15H17FN2S.ClH/c16-14-4-2-1-3-13(14)15(12-5-10-19-11-12)18-8-6-17-7-9-18;/h1-5,10-11,15,17H,6-9H2;1H/t15-;/m0./s1. The summed E-state index contributed by atoms with van der Waals surface area (Å²) in [6.45, 7) is 3.84. The van der Waals surface area contributed by atoms with Crippen LogP contribution in [0.1, 0.15) is 17.2 Å². The molecule has 0 unspecified atom stereocenters. The minimum atomic E-state index is -0.114. The van der Waals surface area contributed by atoms with E-state index >= 15 is 0 Å². The Morgan fingerprint density at radius 2 is 1.90 bits per heavy atom. The van der Waals surface area contributed by atoms with Gasteiger partial charge in [0.15, 0.2) is 0 Å². The van der Waals surface area contributed by atoms with Crippen molar-refractivity contribution in [3.05, 3.63) is 58.0 Å². The highest BCUT2D eigenvalue weighted by molar-refractivity contribution is 7.08. The van der Waals surface area contributed by atoms with E-state index in [-0.39, 0.29) is 24.3 Å². The van der Waals surface area contributed by atoms with Gasteiger partial charge in [0.2, 0.25) is 0 Å². The molecule has 0 radical (unpaired) electrons. The molecule has 1 aliphatic rings. The fourth-order valence-corrected chi connectivity index (χ4v) is 3.33. The SMILES string of the molecule is Cl.Fc1ccccc1[C@H](c1ccsc1)N1CCNCC1. The van der Waals surface area contributed by atoms with Gasteiger partial charge < -0.3 is 5.32 Å². The van der Waals surface area contributed by atoms with Crippen LogP contribution >= 0.6 is 23.7 Å². The predicted molar refractivity (Wildman–Crippen MR) is 84.3 cm³/mol. The van der Waals surface area contributed by atoms with Gasteiger partial charge in [0.05, 0.1) is 6.04 Å². The van der Waals surface area contributed by atoms with Gasteiger partial charge in [0.25, 0.3) is 0 Å². The number of halogens is 2. The Bertz CT molecular complexity index is 526. The van der Waals surface area contributed by atoms with Gasteiger partial charge in [-0.25, -0.2) is 4.39 Å². The third-order valence-corrected chi connectivity index (χ3v) is 4.28. The van der Waals surface area contributed by atoms with Crippen LogP contribution in [-0.2, 0) is 0 Å². The molecule has 1 atom stereocenters. The first-order valence-electron chi connectivity index (χ1n) is 6.57. The van der Waals surface area contributed by atoms with E-state index in [1.165, 1.54) is 5.56 Å². The first-order chi connectivity index (χ1) is 9.36. The summed E-state index contributed by atoms with van der Waals surface area (Å²) in [5.74, 6) is -0.114. The minimum Gasteiger partial charge on any atom is -0.314 e. The van der Waals surface area contributed by atoms with E-state index in [2.05, 4.69) is 27.0 Å². The smallest absolute Gasteiger partial charge is 0.128 e. The van der Waals surface area contributed by atoms with E-state index in [4.69, 9.17) is 0 Å². The van der Waals surface area contributed by atoms with Gasteiger partial charge in [-0.15, -0.1) is 12.4 Å². The van der Waals surface area contributed by atoms with Crippen molar-refractivity contribution in [3.63, 3.8) is 0 Å². The van der Waals surface area contributed by atoms with Crippen LogP contribution in [0.4, 0.5) is 4.39 Å². The second-order valence-corrected chi connectivity index (χ2v) is 5.55. The van der Waals surface area contributed by atoms with Crippen LogP contribution in [0, 0.1) is 5.82 Å². The Balaban J connectivity index is 0.00000147. The second-order valence-electron chi connectivity index (χ2n) is 4.77. The summed E-state index contributed by atoms with van der Waals surface area (Å²) >= 11 is 1.67. The van der Waals surface area contributed by atoms with Crippen molar-refractivity contribution in [2.45, 2.75) is 6.04 Å². The van der Waals surface area contributed by atoms with Gasteiger partial charge >= 0.3 is 0 Å². The molecule has 1 aliphatic heterocycles. The fourth-order valence-electron chi connectivity index (χ4n) is 2.65. The van der Waals surface area contributed by atoms with Gasteiger partial charge in [0.1, 0.15) is 5.82 Å². The molecule has 20 heavy (non-hydrogen) atoms. The maximum Gasteiger partial charge on any atom is 0.128 e. The fraction of sp³-hybridized carbons (Fsp3) is 0.333. The number of nitrogens with zero attached hydrogens (tertiary/aromatic N) is 1. The van der Waals surface area contributed by atoms with Crippen LogP contribution in [0.5, 0.6) is 0 Å². The molecular weight excluding hydrogens is 295 g/mol. The van der Waals surface area contributed by atoms with E-state index in [0.29, 0.717) is 0 Å². The Morgan fingerprint density at radius 1 is 1.15 bits per heavy atom. The number of hydrogen-bond donors (Lipinski definition) is 1. The minimum absolute atomic E-state index is 0. The van der Waals surface area contributed by atoms with E-state index in [1.54, 1.807) is 23.5 Å². The van der Waals surface area contributed by atoms with Crippen LogP contribution in [0.2, 0.25) is 0 Å². The molecule has 1 N–H and O–H groups in total. The van der Waals surface area contributed by atoms with Crippen LogP contribution in [0.15, 0.2) is 41.1 Å². The maximum atomic E-state index is 14.1. The van der Waals surface area contributed by atoms with Crippen molar-refractivity contribution < 1.29 is 4.39 Å². The monoisotopic (exact) mass is 312 g/mol. The molecular formula is C15H18ClFN2S. The average molecular weight is 313 g/mol. The van der Waals surface area contributed by atoms with Crippen LogP contribution in [0.25, 0.3) is 0 Å². The van der Waals surface area contributed by atoms with Gasteiger partial charge in [-0.05, 0) is 28.5 Å². The highest BCUT2D eigenvalue weighted by Gasteiger charge is 2.26. The van der Waals surface area contributed by atoms with Crippen molar-refractivity contribution in [3.8, 4) is 0 Å². The lowest BCUT2D eigenvalue weighted by atomic mass is 9.98. The molecule has 2 nitrogen and oxygen atoms in total. The van der Waals surface area contributed by atoms with Crippen LogP contribution in [0.3, 0.4) is 0 Å². The summed E-state index contributed by atoms with van der Waals surface area (Å²) in [7, 11) is 0. The molecule has 108 valence electrons. The molecule has 5 heteroatoms. The molecule has 0 aliphatic carbocycles. The Morgan fingerprint density at radius 3 is 2.55 bits per heavy atom. The van der Waals surface area contributed by atoms with Crippen molar-refractivity contribution in [1.29, 1.82) is 0 Å². The number of benzene rings is 1. The van der Waals surface area contributed by atoms with Crippen molar-refractivity contribution in [2.24, 2.45) is 0 Å². The summed E-state index contributed by atoms with van der Waals surface area (Å²) in [6, 6.07) is 9.26. The summed E-state index contributed by atoms with van der Waals surface area (Å²) in [4.78, 5) is 2.36. The number of hydrogen-bond acceptors (Lipinski definition) is 3. The van der Waals surface area contributed by atoms with Gasteiger partial charge in [-0.1, -0.05) is 18.2 Å². The number of piperazine rings is 1. The highest BCUT2D eigenvalue weighted by Crippen LogP contribution is 2.31. The van der Waals surface area contributed by atoms with Crippen LogP contribution < -0.4 is 5.32 Å². The number of thiophene rings is 1. The quantitative estimate of drug-likeness (QED) is 0.935. The number of rotatable bonds is 3.